The number of likely N-dealkylation sites (tertiary alicyclic amines) is 3. The molecule has 3 aromatic carbocycles. The number of amides is 5. The van der Waals surface area contributed by atoms with Gasteiger partial charge in [0.25, 0.3) is 17.4 Å². The van der Waals surface area contributed by atoms with E-state index in [1.54, 1.807) is 46.2 Å². The van der Waals surface area contributed by atoms with Gasteiger partial charge in [-0.15, -0.1) is 0 Å². The molecule has 17 heteroatoms. The van der Waals surface area contributed by atoms with Crippen LogP contribution >= 0.6 is 0 Å². The Morgan fingerprint density at radius 2 is 1.34 bits per heavy atom. The molecule has 6 fully saturated rings. The van der Waals surface area contributed by atoms with Gasteiger partial charge < -0.3 is 29.7 Å². The van der Waals surface area contributed by atoms with Crippen molar-refractivity contribution in [2.75, 3.05) is 72.0 Å². The van der Waals surface area contributed by atoms with Crippen LogP contribution in [0.4, 0.5) is 8.78 Å². The van der Waals surface area contributed by atoms with Gasteiger partial charge in [0, 0.05) is 89.1 Å². The molecule has 73 heavy (non-hydrogen) atoms. The second kappa shape index (κ2) is 22.6. The Morgan fingerprint density at radius 3 is 2.07 bits per heavy atom. The van der Waals surface area contributed by atoms with Crippen molar-refractivity contribution in [3.63, 3.8) is 0 Å². The van der Waals surface area contributed by atoms with Crippen molar-refractivity contribution in [3.05, 3.63) is 111 Å². The fourth-order valence-electron chi connectivity index (χ4n) is 11.9. The molecule has 0 radical (unpaired) electrons. The van der Waals surface area contributed by atoms with Gasteiger partial charge in [0.2, 0.25) is 17.7 Å². The van der Waals surface area contributed by atoms with Gasteiger partial charge in [-0.05, 0) is 112 Å². The molecule has 5 heterocycles. The molecule has 6 aliphatic rings. The van der Waals surface area contributed by atoms with Gasteiger partial charge in [0.1, 0.15) is 17.7 Å². The van der Waals surface area contributed by atoms with Crippen LogP contribution in [0.3, 0.4) is 0 Å². The molecule has 388 valence electrons. The van der Waals surface area contributed by atoms with Crippen LogP contribution in [0.15, 0.2) is 65.5 Å². The van der Waals surface area contributed by atoms with Crippen molar-refractivity contribution in [2.45, 2.75) is 114 Å². The van der Waals surface area contributed by atoms with Gasteiger partial charge in [-0.3, -0.25) is 33.7 Å². The summed E-state index contributed by atoms with van der Waals surface area (Å²) in [7, 11) is 0. The van der Waals surface area contributed by atoms with E-state index in [0.29, 0.717) is 87.1 Å². The number of aromatic nitrogens is 2. The van der Waals surface area contributed by atoms with Crippen molar-refractivity contribution >= 4 is 40.3 Å². The molecule has 5 amide bonds. The zero-order chi connectivity index (χ0) is 50.6. The minimum atomic E-state index is -0.748. The summed E-state index contributed by atoms with van der Waals surface area (Å²) in [6.07, 6.45) is 11.5. The molecule has 2 N–H and O–H groups in total. The summed E-state index contributed by atoms with van der Waals surface area (Å²) in [5.74, 6) is -2.03. The maximum absolute atomic E-state index is 15.4. The maximum Gasteiger partial charge on any atom is 0.272 e. The van der Waals surface area contributed by atoms with Gasteiger partial charge >= 0.3 is 0 Å². The molecule has 0 spiro atoms. The van der Waals surface area contributed by atoms with Crippen LogP contribution in [0, 0.1) is 23.5 Å². The first-order chi connectivity index (χ1) is 35.4. The van der Waals surface area contributed by atoms with Crippen molar-refractivity contribution in [1.82, 2.24) is 40.0 Å². The van der Waals surface area contributed by atoms with Crippen LogP contribution in [0.2, 0.25) is 0 Å². The van der Waals surface area contributed by atoms with Crippen LogP contribution in [-0.2, 0) is 25.5 Å². The number of aromatic amines is 1. The van der Waals surface area contributed by atoms with Crippen molar-refractivity contribution in [1.29, 1.82) is 0 Å². The van der Waals surface area contributed by atoms with E-state index in [4.69, 9.17) is 4.74 Å². The topological polar surface area (TPSA) is 169 Å². The Labute approximate surface area is 425 Å². The maximum atomic E-state index is 15.4. The molecular formula is C56H68F2N8O7. The number of nitrogens with one attached hydrogen (secondary N) is 2. The summed E-state index contributed by atoms with van der Waals surface area (Å²) >= 11 is 0. The summed E-state index contributed by atoms with van der Waals surface area (Å²) in [5.41, 5.74) is 1.75. The smallest absolute Gasteiger partial charge is 0.272 e. The molecule has 2 atom stereocenters. The van der Waals surface area contributed by atoms with Crippen LogP contribution in [0.1, 0.15) is 127 Å². The normalized spacial score (nSPS) is 21.3. The number of ether oxygens (including phenoxy) is 1. The fourth-order valence-corrected chi connectivity index (χ4v) is 11.9. The zero-order valence-corrected chi connectivity index (χ0v) is 41.7. The van der Waals surface area contributed by atoms with Gasteiger partial charge in [0.05, 0.1) is 41.0 Å². The third-order valence-corrected chi connectivity index (χ3v) is 16.4. The van der Waals surface area contributed by atoms with Gasteiger partial charge in [-0.25, -0.2) is 13.9 Å². The molecule has 2 aliphatic carbocycles. The summed E-state index contributed by atoms with van der Waals surface area (Å²) in [6, 6.07) is 15.5. The van der Waals surface area contributed by atoms with Crippen molar-refractivity contribution in [2.24, 2.45) is 11.8 Å². The summed E-state index contributed by atoms with van der Waals surface area (Å²) < 4.78 is 37.2. The van der Waals surface area contributed by atoms with Gasteiger partial charge in [-0.1, -0.05) is 49.6 Å². The Morgan fingerprint density at radius 1 is 0.671 bits per heavy atom. The number of benzene rings is 3. The predicted octanol–water partition coefficient (Wildman–Crippen LogP) is 6.04. The molecule has 10 rings (SSSR count). The Bertz CT molecular complexity index is 2740. The number of piperazine rings is 1. The van der Waals surface area contributed by atoms with Gasteiger partial charge in [-0.2, -0.15) is 5.10 Å². The lowest BCUT2D eigenvalue weighted by atomic mass is 9.83. The minimum Gasteiger partial charge on any atom is -0.375 e. The molecule has 15 nitrogen and oxygen atoms in total. The second-order valence-electron chi connectivity index (χ2n) is 21.3. The predicted molar refractivity (Wildman–Crippen MR) is 270 cm³/mol. The highest BCUT2D eigenvalue weighted by atomic mass is 19.1. The highest BCUT2D eigenvalue weighted by molar-refractivity contribution is 5.98. The van der Waals surface area contributed by atoms with Crippen LogP contribution in [0.25, 0.3) is 10.8 Å². The molecule has 4 aliphatic heterocycles. The van der Waals surface area contributed by atoms with Gasteiger partial charge in [0.15, 0.2) is 0 Å². The molecule has 1 aromatic heterocycles. The molecule has 4 saturated heterocycles. The number of hydrogen-bond acceptors (Lipinski definition) is 9. The average molecular weight is 1000 g/mol. The Balaban J connectivity index is 0.664. The molecular weight excluding hydrogens is 935 g/mol. The molecule has 1 unspecified atom stereocenters. The third kappa shape index (κ3) is 11.8. The quantitative estimate of drug-likeness (QED) is 0.162. The van der Waals surface area contributed by atoms with Crippen LogP contribution in [-0.4, -0.2) is 154 Å². The third-order valence-electron chi connectivity index (χ3n) is 16.4. The number of halogens is 2. The summed E-state index contributed by atoms with van der Waals surface area (Å²) in [5, 5.41) is 11.0. The lowest BCUT2D eigenvalue weighted by Crippen LogP contribution is -2.55. The Kier molecular flexibility index (Phi) is 15.6. The number of fused-ring (bicyclic) bond motifs is 1. The first-order valence-corrected chi connectivity index (χ1v) is 26.8. The van der Waals surface area contributed by atoms with Crippen LogP contribution in [0.5, 0.6) is 0 Å². The standard InChI is InChI=1S/C56H68F2N8O7/c57-47-17-15-39(40-9-6-22-66(34-40)54(70)38-13-14-38)33-45(47)52(68)59-51(37-7-2-1-3-8-37)56(72)64-25-20-42(21-26-64)73-41-18-23-62(24-19-41)35-50(67)63-27-29-65(30-28-63)55(71)46-31-36(12-16-48(46)58)32-49-43-10-4-5-11-44(43)53(69)61-60-49/h4-5,10-12,15-17,31,33,37-38,40-42,51H,1-3,6-9,13-14,18-30,32,34-35H2,(H,59,68)(H,61,69)/t40?,51-/m1/s1. The second-order valence-corrected chi connectivity index (χ2v) is 21.3. The zero-order valence-electron chi connectivity index (χ0n) is 41.7. The van der Waals surface area contributed by atoms with E-state index in [0.717, 1.165) is 82.7 Å². The van der Waals surface area contributed by atoms with E-state index < -0.39 is 29.5 Å². The number of H-pyrrole nitrogens is 1. The van der Waals surface area contributed by atoms with E-state index in [2.05, 4.69) is 20.4 Å². The minimum absolute atomic E-state index is 0.00711. The highest BCUT2D eigenvalue weighted by Gasteiger charge is 2.39. The van der Waals surface area contributed by atoms with E-state index in [1.165, 1.54) is 12.1 Å². The number of hydrogen-bond donors (Lipinski definition) is 2. The number of nitrogens with zero attached hydrogens (tertiary/aromatic N) is 6. The number of piperidine rings is 3. The fraction of sp³-hybridized carbons (Fsp3) is 0.554. The average Bonchev–Trinajstić information content (AvgIpc) is 4.28. The first kappa shape index (κ1) is 50.5. The largest absolute Gasteiger partial charge is 0.375 e. The van der Waals surface area contributed by atoms with Crippen molar-refractivity contribution < 1.29 is 37.5 Å². The van der Waals surface area contributed by atoms with E-state index in [1.807, 2.05) is 21.9 Å². The van der Waals surface area contributed by atoms with E-state index >= 15 is 8.78 Å². The first-order valence-electron chi connectivity index (χ1n) is 26.8. The number of rotatable bonds is 13. The number of carbonyl (C=O) groups is 5. The highest BCUT2D eigenvalue weighted by Crippen LogP contribution is 2.35. The SMILES string of the molecule is O=C(N[C@@H](C(=O)N1CCC(OC2CCN(CC(=O)N3CCN(C(=O)c4cc(Cc5n[nH]c(=O)c6ccccc56)ccc4F)CC3)CC2)CC1)C1CCCCC1)c1cc(C2CCCN(C(=O)C3CC3)C2)ccc1F. The summed E-state index contributed by atoms with van der Waals surface area (Å²) in [6.45, 7) is 5.28. The molecule has 4 aromatic rings. The van der Waals surface area contributed by atoms with Crippen LogP contribution < -0.4 is 10.9 Å². The summed E-state index contributed by atoms with van der Waals surface area (Å²) in [4.78, 5) is 89.8. The van der Waals surface area contributed by atoms with Crippen molar-refractivity contribution in [3.8, 4) is 0 Å². The Hall–Kier alpha value is -6.07. The lowest BCUT2D eigenvalue weighted by Gasteiger charge is -2.40. The lowest BCUT2D eigenvalue weighted by molar-refractivity contribution is -0.140. The molecule has 0 bridgehead atoms. The number of carbonyl (C=O) groups excluding carboxylic acids is 5. The van der Waals surface area contributed by atoms with E-state index in [-0.39, 0.29) is 84.0 Å². The molecule has 2 saturated carbocycles. The van der Waals surface area contributed by atoms with E-state index in [9.17, 15) is 28.8 Å². The monoisotopic (exact) mass is 1000 g/mol.